The maximum absolute atomic E-state index is 11.9. The minimum absolute atomic E-state index is 0.139. The van der Waals surface area contributed by atoms with Crippen molar-refractivity contribution in [3.63, 3.8) is 0 Å². The summed E-state index contributed by atoms with van der Waals surface area (Å²) in [5, 5.41) is 11.4. The van der Waals surface area contributed by atoms with E-state index < -0.39 is 5.97 Å². The van der Waals surface area contributed by atoms with Crippen molar-refractivity contribution in [3.05, 3.63) is 33.8 Å². The van der Waals surface area contributed by atoms with E-state index >= 15 is 0 Å². The number of rotatable bonds is 6. The third kappa shape index (κ3) is 4.89. The molecule has 1 aromatic carbocycles. The lowest BCUT2D eigenvalue weighted by molar-refractivity contribution is -0.142. The molecule has 1 aromatic rings. The summed E-state index contributed by atoms with van der Waals surface area (Å²) in [4.78, 5) is 22.1. The van der Waals surface area contributed by atoms with Crippen LogP contribution in [0.25, 0.3) is 0 Å². The fourth-order valence-corrected chi connectivity index (χ4v) is 1.75. The molecule has 0 saturated heterocycles. The lowest BCUT2D eigenvalue weighted by Crippen LogP contribution is -2.28. The third-order valence-corrected chi connectivity index (χ3v) is 2.90. The SMILES string of the molecule is Cc1cc(Cl)c(C(=O)NCCOCC(=O)O)cc1C. The molecule has 0 unspecified atom stereocenters. The molecule has 104 valence electrons. The van der Waals surface area contributed by atoms with Crippen LogP contribution in [-0.4, -0.2) is 36.7 Å². The smallest absolute Gasteiger partial charge is 0.329 e. The molecular formula is C13H16ClNO4. The Kier molecular flexibility index (Phi) is 5.79. The number of ether oxygens (including phenoxy) is 1. The van der Waals surface area contributed by atoms with Gasteiger partial charge in [-0.1, -0.05) is 11.6 Å². The van der Waals surface area contributed by atoms with Crippen molar-refractivity contribution in [2.75, 3.05) is 19.8 Å². The largest absolute Gasteiger partial charge is 0.480 e. The van der Waals surface area contributed by atoms with Crippen molar-refractivity contribution in [2.24, 2.45) is 0 Å². The number of carbonyl (C=O) groups is 2. The predicted octanol–water partition coefficient (Wildman–Crippen LogP) is 1.79. The molecule has 1 rings (SSSR count). The first kappa shape index (κ1) is 15.5. The Balaban J connectivity index is 2.50. The number of aryl methyl sites for hydroxylation is 2. The molecule has 0 aliphatic heterocycles. The van der Waals surface area contributed by atoms with Gasteiger partial charge in [0.05, 0.1) is 17.2 Å². The first-order valence-electron chi connectivity index (χ1n) is 5.76. The normalized spacial score (nSPS) is 10.3. The van der Waals surface area contributed by atoms with Gasteiger partial charge in [0.2, 0.25) is 0 Å². The summed E-state index contributed by atoms with van der Waals surface area (Å²) in [6.07, 6.45) is 0. The Morgan fingerprint density at radius 2 is 1.95 bits per heavy atom. The van der Waals surface area contributed by atoms with Crippen molar-refractivity contribution in [1.82, 2.24) is 5.32 Å². The zero-order valence-electron chi connectivity index (χ0n) is 10.8. The van der Waals surface area contributed by atoms with Gasteiger partial charge < -0.3 is 15.2 Å². The number of nitrogens with one attached hydrogen (secondary N) is 1. The van der Waals surface area contributed by atoms with Crippen LogP contribution in [0.4, 0.5) is 0 Å². The van der Waals surface area contributed by atoms with Gasteiger partial charge in [-0.3, -0.25) is 4.79 Å². The first-order chi connectivity index (χ1) is 8.91. The Morgan fingerprint density at radius 3 is 2.58 bits per heavy atom. The van der Waals surface area contributed by atoms with Crippen LogP contribution in [0.15, 0.2) is 12.1 Å². The Bertz CT molecular complexity index is 488. The van der Waals surface area contributed by atoms with Gasteiger partial charge in [-0.05, 0) is 37.1 Å². The van der Waals surface area contributed by atoms with Gasteiger partial charge in [-0.2, -0.15) is 0 Å². The van der Waals surface area contributed by atoms with Gasteiger partial charge in [-0.25, -0.2) is 4.79 Å². The first-order valence-corrected chi connectivity index (χ1v) is 6.14. The molecule has 0 aromatic heterocycles. The fraction of sp³-hybridized carbons (Fsp3) is 0.385. The summed E-state index contributed by atoms with van der Waals surface area (Å²) in [7, 11) is 0. The number of amides is 1. The number of aliphatic carboxylic acids is 1. The van der Waals surface area contributed by atoms with Crippen LogP contribution in [0.2, 0.25) is 5.02 Å². The van der Waals surface area contributed by atoms with Gasteiger partial charge in [0.1, 0.15) is 6.61 Å². The molecule has 5 nitrogen and oxygen atoms in total. The van der Waals surface area contributed by atoms with E-state index in [1.807, 2.05) is 13.8 Å². The monoisotopic (exact) mass is 285 g/mol. The van der Waals surface area contributed by atoms with Gasteiger partial charge >= 0.3 is 5.97 Å². The highest BCUT2D eigenvalue weighted by Gasteiger charge is 2.11. The van der Waals surface area contributed by atoms with Crippen LogP contribution in [0, 0.1) is 13.8 Å². The summed E-state index contributed by atoms with van der Waals surface area (Å²) in [5.41, 5.74) is 2.41. The fourth-order valence-electron chi connectivity index (χ4n) is 1.45. The Morgan fingerprint density at radius 1 is 1.32 bits per heavy atom. The van der Waals surface area contributed by atoms with Crippen LogP contribution in [-0.2, 0) is 9.53 Å². The second kappa shape index (κ2) is 7.11. The summed E-state index contributed by atoms with van der Waals surface area (Å²) in [6.45, 7) is 3.82. The third-order valence-electron chi connectivity index (χ3n) is 2.59. The summed E-state index contributed by atoms with van der Waals surface area (Å²) < 4.78 is 4.81. The van der Waals surface area contributed by atoms with E-state index in [2.05, 4.69) is 5.32 Å². The summed E-state index contributed by atoms with van der Waals surface area (Å²) >= 11 is 6.01. The highest BCUT2D eigenvalue weighted by atomic mass is 35.5. The van der Waals surface area contributed by atoms with Gasteiger partial charge in [-0.15, -0.1) is 0 Å². The zero-order chi connectivity index (χ0) is 14.4. The molecule has 1 amide bonds. The maximum Gasteiger partial charge on any atom is 0.329 e. The maximum atomic E-state index is 11.9. The highest BCUT2D eigenvalue weighted by molar-refractivity contribution is 6.33. The number of hydrogen-bond donors (Lipinski definition) is 2. The number of hydrogen-bond acceptors (Lipinski definition) is 3. The van der Waals surface area contributed by atoms with E-state index in [-0.39, 0.29) is 25.7 Å². The van der Waals surface area contributed by atoms with E-state index in [1.54, 1.807) is 12.1 Å². The van der Waals surface area contributed by atoms with E-state index in [4.69, 9.17) is 21.4 Å². The topological polar surface area (TPSA) is 75.6 Å². The lowest BCUT2D eigenvalue weighted by Gasteiger charge is -2.09. The molecule has 0 spiro atoms. The van der Waals surface area contributed by atoms with Gasteiger partial charge in [0.25, 0.3) is 5.91 Å². The Labute approximate surface area is 116 Å². The number of carboxylic acid groups (broad SMARTS) is 1. The predicted molar refractivity (Wildman–Crippen MR) is 71.7 cm³/mol. The molecule has 6 heteroatoms. The van der Waals surface area contributed by atoms with Crippen LogP contribution in [0.5, 0.6) is 0 Å². The van der Waals surface area contributed by atoms with Gasteiger partial charge in [0.15, 0.2) is 0 Å². The summed E-state index contributed by atoms with van der Waals surface area (Å²) in [5.74, 6) is -1.34. The standard InChI is InChI=1S/C13H16ClNO4/c1-8-5-10(11(14)6-9(8)2)13(18)15-3-4-19-7-12(16)17/h5-6H,3-4,7H2,1-2H3,(H,15,18)(H,16,17). The van der Waals surface area contributed by atoms with E-state index in [1.165, 1.54) is 0 Å². The average molecular weight is 286 g/mol. The Hall–Kier alpha value is -1.59. The molecule has 0 saturated carbocycles. The minimum atomic E-state index is -1.04. The summed E-state index contributed by atoms with van der Waals surface area (Å²) in [6, 6.07) is 3.47. The van der Waals surface area contributed by atoms with Gasteiger partial charge in [0, 0.05) is 6.54 Å². The van der Waals surface area contributed by atoms with Crippen LogP contribution in [0.1, 0.15) is 21.5 Å². The molecule has 0 atom stereocenters. The van der Waals surface area contributed by atoms with Crippen LogP contribution < -0.4 is 5.32 Å². The number of benzene rings is 1. The number of halogens is 1. The van der Waals surface area contributed by atoms with Crippen molar-refractivity contribution >= 4 is 23.5 Å². The average Bonchev–Trinajstić information content (AvgIpc) is 2.32. The minimum Gasteiger partial charge on any atom is -0.480 e. The number of carbonyl (C=O) groups excluding carboxylic acids is 1. The van der Waals surface area contributed by atoms with Crippen molar-refractivity contribution < 1.29 is 19.4 Å². The second-order valence-corrected chi connectivity index (χ2v) is 4.53. The second-order valence-electron chi connectivity index (χ2n) is 4.12. The van der Waals surface area contributed by atoms with Crippen LogP contribution in [0.3, 0.4) is 0 Å². The molecule has 0 aliphatic carbocycles. The van der Waals surface area contributed by atoms with E-state index in [0.29, 0.717) is 10.6 Å². The molecular weight excluding hydrogens is 270 g/mol. The van der Waals surface area contributed by atoms with Crippen molar-refractivity contribution in [3.8, 4) is 0 Å². The lowest BCUT2D eigenvalue weighted by atomic mass is 10.1. The van der Waals surface area contributed by atoms with Crippen LogP contribution >= 0.6 is 11.6 Å². The van der Waals surface area contributed by atoms with E-state index in [0.717, 1.165) is 11.1 Å². The molecule has 0 fully saturated rings. The molecule has 0 bridgehead atoms. The molecule has 19 heavy (non-hydrogen) atoms. The molecule has 0 heterocycles. The van der Waals surface area contributed by atoms with E-state index in [9.17, 15) is 9.59 Å². The van der Waals surface area contributed by atoms with Crippen molar-refractivity contribution in [2.45, 2.75) is 13.8 Å². The quantitative estimate of drug-likeness (QED) is 0.781. The molecule has 0 radical (unpaired) electrons. The molecule has 2 N–H and O–H groups in total. The highest BCUT2D eigenvalue weighted by Crippen LogP contribution is 2.20. The molecule has 0 aliphatic rings. The van der Waals surface area contributed by atoms with Crippen molar-refractivity contribution in [1.29, 1.82) is 0 Å². The number of carboxylic acids is 1. The zero-order valence-corrected chi connectivity index (χ0v) is 11.6.